The molecule has 1 fully saturated rings. The molecule has 1 aliphatic carbocycles. The van der Waals surface area contributed by atoms with Gasteiger partial charge in [0.2, 0.25) is 0 Å². The molecule has 2 aromatic rings. The predicted octanol–water partition coefficient (Wildman–Crippen LogP) is 3.03. The SMILES string of the molecule is CN(C)c1ccc(Cc2cc(C3CC(O)[C@H](O)C(CO)O3)c3c(c2Cl)CCC3)cc1. The van der Waals surface area contributed by atoms with Crippen LogP contribution < -0.4 is 4.90 Å². The van der Waals surface area contributed by atoms with E-state index in [2.05, 4.69) is 35.2 Å². The van der Waals surface area contributed by atoms with Crippen LogP contribution >= 0.6 is 11.6 Å². The fraction of sp³-hybridized carbons (Fsp3) is 0.500. The molecular formula is C24H30ClNO4. The lowest BCUT2D eigenvalue weighted by Crippen LogP contribution is -2.47. The summed E-state index contributed by atoms with van der Waals surface area (Å²) in [5, 5.41) is 30.8. The van der Waals surface area contributed by atoms with Gasteiger partial charge < -0.3 is 25.0 Å². The van der Waals surface area contributed by atoms with Crippen LogP contribution in [0, 0.1) is 0 Å². The van der Waals surface area contributed by atoms with Gasteiger partial charge in [0.25, 0.3) is 0 Å². The third-order valence-electron chi connectivity index (χ3n) is 6.39. The van der Waals surface area contributed by atoms with Gasteiger partial charge in [-0.15, -0.1) is 0 Å². The molecule has 0 aromatic heterocycles. The topological polar surface area (TPSA) is 73.2 Å². The van der Waals surface area contributed by atoms with E-state index in [9.17, 15) is 15.3 Å². The second-order valence-corrected chi connectivity index (χ2v) is 9.00. The molecule has 30 heavy (non-hydrogen) atoms. The van der Waals surface area contributed by atoms with Crippen molar-refractivity contribution in [1.82, 2.24) is 0 Å². The summed E-state index contributed by atoms with van der Waals surface area (Å²) < 4.78 is 6.01. The number of anilines is 1. The molecule has 1 heterocycles. The third kappa shape index (κ3) is 4.10. The highest BCUT2D eigenvalue weighted by molar-refractivity contribution is 6.32. The van der Waals surface area contributed by atoms with Crippen molar-refractivity contribution in [1.29, 1.82) is 0 Å². The quantitative estimate of drug-likeness (QED) is 0.678. The third-order valence-corrected chi connectivity index (χ3v) is 6.86. The van der Waals surface area contributed by atoms with Crippen molar-refractivity contribution in [2.75, 3.05) is 25.6 Å². The van der Waals surface area contributed by atoms with Crippen molar-refractivity contribution >= 4 is 17.3 Å². The van der Waals surface area contributed by atoms with Gasteiger partial charge >= 0.3 is 0 Å². The van der Waals surface area contributed by atoms with Gasteiger partial charge in [0.15, 0.2) is 0 Å². The Labute approximate surface area is 182 Å². The molecule has 162 valence electrons. The highest BCUT2D eigenvalue weighted by atomic mass is 35.5. The molecule has 0 amide bonds. The van der Waals surface area contributed by atoms with Gasteiger partial charge in [-0.25, -0.2) is 0 Å². The number of hydrogen-bond donors (Lipinski definition) is 3. The number of aliphatic hydroxyl groups excluding tert-OH is 3. The number of aliphatic hydroxyl groups is 3. The summed E-state index contributed by atoms with van der Waals surface area (Å²) in [7, 11) is 4.04. The van der Waals surface area contributed by atoms with E-state index in [1.165, 1.54) is 16.7 Å². The van der Waals surface area contributed by atoms with Gasteiger partial charge in [0, 0.05) is 31.2 Å². The second-order valence-electron chi connectivity index (χ2n) is 8.63. The van der Waals surface area contributed by atoms with Crippen LogP contribution in [0.3, 0.4) is 0 Å². The molecule has 3 unspecified atom stereocenters. The molecule has 0 saturated carbocycles. The van der Waals surface area contributed by atoms with E-state index in [0.29, 0.717) is 12.8 Å². The summed E-state index contributed by atoms with van der Waals surface area (Å²) in [6, 6.07) is 10.6. The lowest BCUT2D eigenvalue weighted by atomic mass is 9.88. The molecule has 0 radical (unpaired) electrons. The van der Waals surface area contributed by atoms with E-state index in [-0.39, 0.29) is 12.7 Å². The maximum absolute atomic E-state index is 10.3. The Balaban J connectivity index is 1.68. The monoisotopic (exact) mass is 431 g/mol. The first-order valence-corrected chi connectivity index (χ1v) is 11.0. The molecule has 5 nitrogen and oxygen atoms in total. The minimum Gasteiger partial charge on any atom is -0.394 e. The zero-order valence-electron chi connectivity index (χ0n) is 17.5. The van der Waals surface area contributed by atoms with Crippen molar-refractivity contribution in [3.05, 3.63) is 63.2 Å². The molecule has 6 heteroatoms. The molecule has 3 N–H and O–H groups in total. The van der Waals surface area contributed by atoms with E-state index in [1.807, 2.05) is 14.1 Å². The van der Waals surface area contributed by atoms with Crippen LogP contribution in [0.25, 0.3) is 0 Å². The zero-order chi connectivity index (χ0) is 21.4. The Morgan fingerprint density at radius 3 is 2.47 bits per heavy atom. The van der Waals surface area contributed by atoms with E-state index in [0.717, 1.165) is 41.1 Å². The van der Waals surface area contributed by atoms with Crippen molar-refractivity contribution in [2.45, 2.75) is 56.5 Å². The summed E-state index contributed by atoms with van der Waals surface area (Å²) >= 11 is 6.83. The maximum Gasteiger partial charge on any atom is 0.110 e. The Morgan fingerprint density at radius 1 is 1.10 bits per heavy atom. The van der Waals surface area contributed by atoms with E-state index in [4.69, 9.17) is 16.3 Å². The van der Waals surface area contributed by atoms with Crippen LogP contribution in [0.4, 0.5) is 5.69 Å². The van der Waals surface area contributed by atoms with Gasteiger partial charge in [-0.2, -0.15) is 0 Å². The van der Waals surface area contributed by atoms with Crippen LogP contribution in [-0.4, -0.2) is 54.3 Å². The number of ether oxygens (including phenoxy) is 1. The number of fused-ring (bicyclic) bond motifs is 1. The summed E-state index contributed by atoms with van der Waals surface area (Å²) in [5.41, 5.74) is 6.80. The average molecular weight is 432 g/mol. The Kier molecular flexibility index (Phi) is 6.37. The standard InChI is InChI=1S/C24H30ClNO4/c1-26(2)16-8-6-14(7-9-16)10-15-11-19(17-4-3-5-18(17)23(15)25)21-12-20(28)24(29)22(13-27)30-21/h6-9,11,20-22,24,27-29H,3-5,10,12-13H2,1-2H3/t20?,21?,22?,24-/m0/s1. The number of hydrogen-bond acceptors (Lipinski definition) is 5. The lowest BCUT2D eigenvalue weighted by molar-refractivity contribution is -0.181. The van der Waals surface area contributed by atoms with Crippen molar-refractivity contribution in [2.24, 2.45) is 0 Å². The zero-order valence-corrected chi connectivity index (χ0v) is 18.3. The summed E-state index contributed by atoms with van der Waals surface area (Å²) in [5.74, 6) is 0. The highest BCUT2D eigenvalue weighted by Gasteiger charge is 2.38. The Bertz CT molecular complexity index is 899. The molecule has 0 spiro atoms. The van der Waals surface area contributed by atoms with Crippen LogP contribution in [-0.2, 0) is 24.0 Å². The molecule has 2 aliphatic rings. The van der Waals surface area contributed by atoms with Crippen LogP contribution in [0.15, 0.2) is 30.3 Å². The molecule has 1 saturated heterocycles. The number of halogens is 1. The first kappa shape index (κ1) is 21.6. The van der Waals surface area contributed by atoms with Gasteiger partial charge in [-0.1, -0.05) is 29.8 Å². The van der Waals surface area contributed by atoms with Gasteiger partial charge in [0.05, 0.1) is 18.8 Å². The van der Waals surface area contributed by atoms with Crippen LogP contribution in [0.2, 0.25) is 5.02 Å². The van der Waals surface area contributed by atoms with Crippen LogP contribution in [0.1, 0.15) is 46.8 Å². The molecule has 0 bridgehead atoms. The lowest BCUT2D eigenvalue weighted by Gasteiger charge is -2.37. The number of benzene rings is 2. The first-order chi connectivity index (χ1) is 14.4. The van der Waals surface area contributed by atoms with Gasteiger partial charge in [0.1, 0.15) is 12.2 Å². The Hall–Kier alpha value is -1.63. The Morgan fingerprint density at radius 2 is 1.80 bits per heavy atom. The van der Waals surface area contributed by atoms with E-state index < -0.39 is 18.3 Å². The molecule has 2 aromatic carbocycles. The van der Waals surface area contributed by atoms with Gasteiger partial charge in [-0.3, -0.25) is 0 Å². The average Bonchev–Trinajstić information content (AvgIpc) is 3.23. The minimum absolute atomic E-state index is 0.308. The highest BCUT2D eigenvalue weighted by Crippen LogP contribution is 2.42. The van der Waals surface area contributed by atoms with Gasteiger partial charge in [-0.05, 0) is 65.6 Å². The van der Waals surface area contributed by atoms with E-state index in [1.54, 1.807) is 0 Å². The van der Waals surface area contributed by atoms with Crippen molar-refractivity contribution in [3.8, 4) is 0 Å². The molecule has 1 aliphatic heterocycles. The molecule has 4 atom stereocenters. The second kappa shape index (κ2) is 8.85. The first-order valence-electron chi connectivity index (χ1n) is 10.6. The predicted molar refractivity (Wildman–Crippen MR) is 118 cm³/mol. The van der Waals surface area contributed by atoms with Crippen molar-refractivity contribution < 1.29 is 20.1 Å². The minimum atomic E-state index is -1.07. The molecular weight excluding hydrogens is 402 g/mol. The fourth-order valence-corrected chi connectivity index (χ4v) is 5.02. The fourth-order valence-electron chi connectivity index (χ4n) is 4.69. The summed E-state index contributed by atoms with van der Waals surface area (Å²) in [6.07, 6.45) is 0.812. The summed E-state index contributed by atoms with van der Waals surface area (Å²) in [6.45, 7) is -0.324. The van der Waals surface area contributed by atoms with Crippen molar-refractivity contribution in [3.63, 3.8) is 0 Å². The maximum atomic E-state index is 10.3. The normalized spacial score (nSPS) is 25.9. The van der Waals surface area contributed by atoms with Crippen LogP contribution in [0.5, 0.6) is 0 Å². The van der Waals surface area contributed by atoms with E-state index >= 15 is 0 Å². The smallest absolute Gasteiger partial charge is 0.110 e. The number of nitrogens with zero attached hydrogens (tertiary/aromatic N) is 1. The summed E-state index contributed by atoms with van der Waals surface area (Å²) in [4.78, 5) is 2.07. The molecule has 4 rings (SSSR count). The number of rotatable bonds is 5. The largest absolute Gasteiger partial charge is 0.394 e.